The third kappa shape index (κ3) is 4.13. The predicted molar refractivity (Wildman–Crippen MR) is 118 cm³/mol. The molecule has 7 heteroatoms. The van der Waals surface area contributed by atoms with Gasteiger partial charge in [-0.1, -0.05) is 6.07 Å². The average molecular weight is 439 g/mol. The molecule has 2 N–H and O–H groups in total. The minimum Gasteiger partial charge on any atom is -0.371 e. The molecule has 6 atom stereocenters. The number of halogens is 1. The molecule has 4 fully saturated rings. The monoisotopic (exact) mass is 438 g/mol. The van der Waals surface area contributed by atoms with Crippen LogP contribution in [0.1, 0.15) is 44.1 Å². The van der Waals surface area contributed by atoms with Crippen molar-refractivity contribution in [3.05, 3.63) is 29.6 Å². The Balaban J connectivity index is 1.21. The number of anilines is 1. The van der Waals surface area contributed by atoms with Crippen molar-refractivity contribution in [2.75, 3.05) is 24.5 Å². The van der Waals surface area contributed by atoms with Crippen molar-refractivity contribution < 1.29 is 14.0 Å². The highest BCUT2D eigenvalue weighted by Crippen LogP contribution is 2.36. The molecule has 1 amide bonds. The van der Waals surface area contributed by atoms with Gasteiger partial charge >= 0.3 is 0 Å². The number of fused-ring (bicyclic) bond motifs is 3. The highest BCUT2D eigenvalue weighted by Gasteiger charge is 2.42. The molecule has 2 bridgehead atoms. The van der Waals surface area contributed by atoms with Gasteiger partial charge in [0.2, 0.25) is 5.91 Å². The molecule has 1 aliphatic carbocycles. The van der Waals surface area contributed by atoms with Crippen LogP contribution >= 0.6 is 0 Å². The van der Waals surface area contributed by atoms with Gasteiger partial charge in [0.25, 0.3) is 0 Å². The number of nitrogens with zero attached hydrogens (tertiary/aromatic N) is 2. The summed E-state index contributed by atoms with van der Waals surface area (Å²) in [4.78, 5) is 27.0. The maximum atomic E-state index is 15.0. The molecule has 0 aromatic heterocycles. The lowest BCUT2D eigenvalue weighted by Gasteiger charge is -2.41. The fraction of sp³-hybridized carbons (Fsp3) is 0.640. The first kappa shape index (κ1) is 21.4. The zero-order valence-electron chi connectivity index (χ0n) is 18.4. The highest BCUT2D eigenvalue weighted by atomic mass is 19.1. The van der Waals surface area contributed by atoms with E-state index in [9.17, 15) is 19.2 Å². The lowest BCUT2D eigenvalue weighted by molar-refractivity contribution is -0.129. The van der Waals surface area contributed by atoms with E-state index in [1.54, 1.807) is 12.1 Å². The van der Waals surface area contributed by atoms with E-state index in [-0.39, 0.29) is 42.3 Å². The Morgan fingerprint density at radius 2 is 2.12 bits per heavy atom. The number of benzene rings is 1. The number of rotatable bonds is 6. The molecule has 1 aromatic rings. The zero-order chi connectivity index (χ0) is 22.2. The molecule has 32 heavy (non-hydrogen) atoms. The molecule has 2 unspecified atom stereocenters. The molecular weight excluding hydrogens is 407 g/mol. The van der Waals surface area contributed by atoms with Gasteiger partial charge in [-0.3, -0.25) is 9.59 Å². The number of hydrogen-bond acceptors (Lipinski definition) is 5. The molecule has 0 radical (unpaired) electrons. The largest absolute Gasteiger partial charge is 0.371 e. The number of Topliss-reactive ketones (excluding diaryl/α,β-unsaturated/α-hetero) is 1. The van der Waals surface area contributed by atoms with E-state index in [1.807, 2.05) is 6.07 Å². The number of carbonyl (C=O) groups excluding carboxylic acids is 2. The van der Waals surface area contributed by atoms with Crippen molar-refractivity contribution >= 4 is 17.4 Å². The van der Waals surface area contributed by atoms with Crippen molar-refractivity contribution in [1.82, 2.24) is 10.6 Å². The van der Waals surface area contributed by atoms with Gasteiger partial charge in [0.15, 0.2) is 5.78 Å². The standard InChI is InChI=1S/C25H31FN4O2/c26-22-12-20(30-8-6-21-18(14-30)5-7-28-25(21)32)4-2-16(22)9-15(13-27)10-23(31)24-17-1-3-19(11-17)29-24/h2,4,12,15,17-19,21,24,29H,1,3,5-11,14H2,(H,28,32)/t15-,17+,18?,19-,21?,24+/m1/s1. The van der Waals surface area contributed by atoms with E-state index in [1.165, 1.54) is 0 Å². The first-order valence-corrected chi connectivity index (χ1v) is 12.0. The molecule has 4 aliphatic rings. The van der Waals surface area contributed by atoms with Crippen LogP contribution in [-0.2, 0) is 16.0 Å². The summed E-state index contributed by atoms with van der Waals surface area (Å²) in [7, 11) is 0. The van der Waals surface area contributed by atoms with Crippen molar-refractivity contribution in [3.63, 3.8) is 0 Å². The molecule has 3 saturated heterocycles. The predicted octanol–water partition coefficient (Wildman–Crippen LogP) is 2.57. The van der Waals surface area contributed by atoms with Gasteiger partial charge in [-0.05, 0) is 68.1 Å². The summed E-state index contributed by atoms with van der Waals surface area (Å²) >= 11 is 0. The highest BCUT2D eigenvalue weighted by molar-refractivity contribution is 5.85. The summed E-state index contributed by atoms with van der Waals surface area (Å²) in [6, 6.07) is 7.77. The number of hydrogen-bond donors (Lipinski definition) is 2. The van der Waals surface area contributed by atoms with Crippen LogP contribution in [0.2, 0.25) is 0 Å². The van der Waals surface area contributed by atoms with Crippen LogP contribution in [0.3, 0.4) is 0 Å². The normalized spacial score (nSPS) is 32.2. The van der Waals surface area contributed by atoms with Gasteiger partial charge in [-0.15, -0.1) is 0 Å². The van der Waals surface area contributed by atoms with Crippen LogP contribution < -0.4 is 15.5 Å². The average Bonchev–Trinajstić information content (AvgIpc) is 3.43. The fourth-order valence-electron chi connectivity index (χ4n) is 6.33. The summed E-state index contributed by atoms with van der Waals surface area (Å²) in [5.74, 6) is 0.205. The van der Waals surface area contributed by atoms with Crippen LogP contribution in [0.4, 0.5) is 10.1 Å². The Hall–Kier alpha value is -2.46. The van der Waals surface area contributed by atoms with Gasteiger partial charge < -0.3 is 15.5 Å². The number of ketones is 1. The summed E-state index contributed by atoms with van der Waals surface area (Å²) in [6.45, 7) is 2.22. The van der Waals surface area contributed by atoms with E-state index in [0.29, 0.717) is 30.0 Å². The van der Waals surface area contributed by atoms with E-state index >= 15 is 0 Å². The van der Waals surface area contributed by atoms with Gasteiger partial charge in [-0.25, -0.2) is 4.39 Å². The second-order valence-electron chi connectivity index (χ2n) is 10.1. The molecular formula is C25H31FN4O2. The minimum absolute atomic E-state index is 0.0719. The smallest absolute Gasteiger partial charge is 0.223 e. The second kappa shape index (κ2) is 8.82. The van der Waals surface area contributed by atoms with Crippen LogP contribution in [0.25, 0.3) is 0 Å². The molecule has 3 heterocycles. The number of nitrogens with one attached hydrogen (secondary N) is 2. The number of piperidine rings is 3. The van der Waals surface area contributed by atoms with Gasteiger partial charge in [-0.2, -0.15) is 5.26 Å². The molecule has 1 saturated carbocycles. The van der Waals surface area contributed by atoms with Crippen LogP contribution in [-0.4, -0.2) is 43.4 Å². The number of amides is 1. The van der Waals surface area contributed by atoms with Crippen molar-refractivity contribution in [2.45, 2.75) is 57.0 Å². The molecule has 6 nitrogen and oxygen atoms in total. The van der Waals surface area contributed by atoms with Crippen molar-refractivity contribution in [2.24, 2.45) is 23.7 Å². The molecule has 170 valence electrons. The SMILES string of the molecule is N#C[C@@H](CC(=O)[C@H]1N[C@@H]2CC[C@H]1C2)Cc1ccc(N2CCC3C(=O)NCCC3C2)cc1F. The number of nitriles is 1. The van der Waals surface area contributed by atoms with E-state index in [2.05, 4.69) is 21.6 Å². The summed E-state index contributed by atoms with van der Waals surface area (Å²) in [6.07, 6.45) is 5.46. The first-order chi connectivity index (χ1) is 15.5. The lowest BCUT2D eigenvalue weighted by Crippen LogP contribution is -2.51. The van der Waals surface area contributed by atoms with Crippen LogP contribution in [0.5, 0.6) is 0 Å². The fourth-order valence-corrected chi connectivity index (χ4v) is 6.33. The van der Waals surface area contributed by atoms with Gasteiger partial charge in [0.05, 0.1) is 18.0 Å². The van der Waals surface area contributed by atoms with E-state index in [4.69, 9.17) is 0 Å². The lowest BCUT2D eigenvalue weighted by atomic mass is 9.80. The van der Waals surface area contributed by atoms with Crippen molar-refractivity contribution in [3.8, 4) is 6.07 Å². The maximum absolute atomic E-state index is 15.0. The Morgan fingerprint density at radius 3 is 2.84 bits per heavy atom. The zero-order valence-corrected chi connectivity index (χ0v) is 18.4. The second-order valence-corrected chi connectivity index (χ2v) is 10.1. The summed E-state index contributed by atoms with van der Waals surface area (Å²) < 4.78 is 15.0. The van der Waals surface area contributed by atoms with Crippen LogP contribution in [0.15, 0.2) is 18.2 Å². The topological polar surface area (TPSA) is 85.2 Å². The molecule has 1 aromatic carbocycles. The van der Waals surface area contributed by atoms with E-state index < -0.39 is 5.92 Å². The Labute approximate surface area is 188 Å². The van der Waals surface area contributed by atoms with Gasteiger partial charge in [0, 0.05) is 43.7 Å². The Morgan fingerprint density at radius 1 is 1.25 bits per heavy atom. The van der Waals surface area contributed by atoms with E-state index in [0.717, 1.165) is 50.9 Å². The molecule has 3 aliphatic heterocycles. The minimum atomic E-state index is -0.514. The van der Waals surface area contributed by atoms with Crippen molar-refractivity contribution in [1.29, 1.82) is 5.26 Å². The summed E-state index contributed by atoms with van der Waals surface area (Å²) in [5, 5.41) is 15.9. The first-order valence-electron chi connectivity index (χ1n) is 12.0. The molecule has 5 rings (SSSR count). The maximum Gasteiger partial charge on any atom is 0.223 e. The number of carbonyl (C=O) groups is 2. The Kier molecular flexibility index (Phi) is 5.90. The van der Waals surface area contributed by atoms with Gasteiger partial charge in [0.1, 0.15) is 5.82 Å². The third-order valence-electron chi connectivity index (χ3n) is 8.09. The third-order valence-corrected chi connectivity index (χ3v) is 8.09. The molecule has 0 spiro atoms. The van der Waals surface area contributed by atoms with Crippen LogP contribution in [0, 0.1) is 40.8 Å². The summed E-state index contributed by atoms with van der Waals surface area (Å²) in [5.41, 5.74) is 1.31. The Bertz CT molecular complexity index is 944. The quantitative estimate of drug-likeness (QED) is 0.713.